The van der Waals surface area contributed by atoms with Gasteiger partial charge in [0.25, 0.3) is 5.91 Å². The van der Waals surface area contributed by atoms with Gasteiger partial charge in [0.1, 0.15) is 47.0 Å². The van der Waals surface area contributed by atoms with Gasteiger partial charge in [-0.25, -0.2) is 14.8 Å². The van der Waals surface area contributed by atoms with Crippen molar-refractivity contribution in [3.8, 4) is 23.3 Å². The van der Waals surface area contributed by atoms with E-state index in [0.29, 0.717) is 63.9 Å². The molecule has 0 fully saturated rings. The van der Waals surface area contributed by atoms with Crippen LogP contribution in [0.15, 0.2) is 54.9 Å². The Balaban J connectivity index is 1.30. The molecule has 0 aliphatic carbocycles. The van der Waals surface area contributed by atoms with Gasteiger partial charge in [0.2, 0.25) is 23.7 Å². The highest BCUT2D eigenvalue weighted by molar-refractivity contribution is 6.04. The Morgan fingerprint density at radius 3 is 2.10 bits per heavy atom. The minimum absolute atomic E-state index is 0.0981. The van der Waals surface area contributed by atoms with E-state index >= 15 is 0 Å². The van der Waals surface area contributed by atoms with Gasteiger partial charge in [-0.15, -0.1) is 0 Å². The van der Waals surface area contributed by atoms with Gasteiger partial charge in [-0.1, -0.05) is 24.0 Å². The lowest BCUT2D eigenvalue weighted by molar-refractivity contribution is 0.0635. The van der Waals surface area contributed by atoms with Gasteiger partial charge in [0.05, 0.1) is 35.7 Å². The number of hydrogen-bond acceptors (Lipinski definition) is 12. The summed E-state index contributed by atoms with van der Waals surface area (Å²) < 4.78 is 23.8. The van der Waals surface area contributed by atoms with E-state index in [-0.39, 0.29) is 42.5 Å². The van der Waals surface area contributed by atoms with E-state index in [2.05, 4.69) is 43.0 Å². The maximum atomic E-state index is 13.7. The summed E-state index contributed by atoms with van der Waals surface area (Å²) in [5.74, 6) is 5.52. The lowest BCUT2D eigenvalue weighted by Gasteiger charge is -2.19. The minimum atomic E-state index is -0.707. The molecule has 4 aromatic heterocycles. The van der Waals surface area contributed by atoms with Crippen molar-refractivity contribution in [2.24, 2.45) is 11.5 Å². The standard InChI is InChI=1S/C41H47N13O7/c1-8-54-30(17-24(2)50-54)37(57)49-39-48-29-19-26(36(43)56)21-32(60-16-12-11-13-51-23-27(22-45-51)46-40(58)61-41(3,4)5)34(29)53(39)15-10-9-14-52-33-28(47-38(52)44-6)18-25(35(42)55)20-31(33)59-7/h9-10,17-23H,8,13-16H2,1-7H3,(H2,42,55)(H2,43,56)(H,44,47)(H,46,58)(H,48,49,57)/b10-9+. The van der Waals surface area contributed by atoms with Gasteiger partial charge in [-0.3, -0.25) is 34.4 Å². The predicted molar refractivity (Wildman–Crippen MR) is 228 cm³/mol. The Kier molecular flexibility index (Phi) is 12.6. The zero-order chi connectivity index (χ0) is 44.0. The van der Waals surface area contributed by atoms with Crippen LogP contribution in [0.25, 0.3) is 22.1 Å². The molecule has 0 bridgehead atoms. The van der Waals surface area contributed by atoms with Crippen molar-refractivity contribution < 1.29 is 33.4 Å². The van der Waals surface area contributed by atoms with E-state index in [1.165, 1.54) is 30.1 Å². The van der Waals surface area contributed by atoms with E-state index in [1.807, 2.05) is 23.6 Å². The number of allylic oxidation sites excluding steroid dienone is 2. The van der Waals surface area contributed by atoms with Crippen molar-refractivity contribution in [1.82, 2.24) is 38.7 Å². The first-order chi connectivity index (χ1) is 29.1. The summed E-state index contributed by atoms with van der Waals surface area (Å²) in [6.07, 6.45) is 6.25. The highest BCUT2D eigenvalue weighted by Crippen LogP contribution is 2.33. The molecule has 4 amide bonds. The lowest BCUT2D eigenvalue weighted by Crippen LogP contribution is -2.27. The SMILES string of the molecule is CCn1nc(C)cc1C(=O)Nc1nc2cc(C(N)=O)cc(OCC#CCn3cc(NC(=O)OC(C)(C)C)cn3)c2n1C/C=C/Cn1c(NC)nc2cc(C(N)=O)cc(OC)c21. The number of benzene rings is 2. The van der Waals surface area contributed by atoms with E-state index < -0.39 is 29.4 Å². The van der Waals surface area contributed by atoms with E-state index in [1.54, 1.807) is 68.4 Å². The lowest BCUT2D eigenvalue weighted by atomic mass is 10.1. The van der Waals surface area contributed by atoms with E-state index in [0.717, 1.165) is 0 Å². The van der Waals surface area contributed by atoms with Crippen LogP contribution >= 0.6 is 0 Å². The van der Waals surface area contributed by atoms with Crippen LogP contribution < -0.4 is 36.9 Å². The monoisotopic (exact) mass is 833 g/mol. The number of rotatable bonds is 15. The molecular weight excluding hydrogens is 787 g/mol. The van der Waals surface area contributed by atoms with Crippen molar-refractivity contribution in [3.63, 3.8) is 0 Å². The van der Waals surface area contributed by atoms with Crippen molar-refractivity contribution in [2.75, 3.05) is 36.7 Å². The third-order valence-electron chi connectivity index (χ3n) is 8.97. The number of aromatic nitrogens is 8. The summed E-state index contributed by atoms with van der Waals surface area (Å²) in [6.45, 7) is 10.0. The fourth-order valence-electron chi connectivity index (χ4n) is 6.38. The van der Waals surface area contributed by atoms with Gasteiger partial charge in [0, 0.05) is 44.0 Å². The van der Waals surface area contributed by atoms with Crippen molar-refractivity contribution in [1.29, 1.82) is 0 Å². The number of nitrogens with two attached hydrogens (primary N) is 2. The van der Waals surface area contributed by atoms with Gasteiger partial charge >= 0.3 is 6.09 Å². The van der Waals surface area contributed by atoms with E-state index in [9.17, 15) is 19.2 Å². The average molecular weight is 834 g/mol. The maximum Gasteiger partial charge on any atom is 0.412 e. The predicted octanol–water partition coefficient (Wildman–Crippen LogP) is 4.29. The third-order valence-corrected chi connectivity index (χ3v) is 8.97. The average Bonchev–Trinajstić information content (AvgIpc) is 3.99. The second kappa shape index (κ2) is 18.0. The molecule has 2 aromatic carbocycles. The number of ether oxygens (including phenoxy) is 3. The van der Waals surface area contributed by atoms with Gasteiger partial charge in [-0.2, -0.15) is 10.2 Å². The van der Waals surface area contributed by atoms with Crippen LogP contribution in [0.3, 0.4) is 0 Å². The third kappa shape index (κ3) is 9.90. The first-order valence-electron chi connectivity index (χ1n) is 19.1. The molecule has 7 N–H and O–H groups in total. The van der Waals surface area contributed by atoms with Crippen molar-refractivity contribution in [2.45, 2.75) is 66.4 Å². The summed E-state index contributed by atoms with van der Waals surface area (Å²) in [4.78, 5) is 59.7. The Morgan fingerprint density at radius 2 is 1.49 bits per heavy atom. The van der Waals surface area contributed by atoms with Crippen LogP contribution in [0.4, 0.5) is 22.4 Å². The quantitative estimate of drug-likeness (QED) is 0.0718. The molecule has 0 saturated carbocycles. The fourth-order valence-corrected chi connectivity index (χ4v) is 6.38. The van der Waals surface area contributed by atoms with Crippen LogP contribution in [0.2, 0.25) is 0 Å². The number of fused-ring (bicyclic) bond motifs is 2. The molecule has 0 atom stereocenters. The molecule has 6 rings (SSSR count). The number of amides is 4. The number of anilines is 3. The zero-order valence-electron chi connectivity index (χ0n) is 34.8. The van der Waals surface area contributed by atoms with Crippen LogP contribution in [0.1, 0.15) is 64.6 Å². The summed E-state index contributed by atoms with van der Waals surface area (Å²) in [5, 5.41) is 17.3. The summed E-state index contributed by atoms with van der Waals surface area (Å²) in [5.41, 5.74) is 14.4. The highest BCUT2D eigenvalue weighted by Gasteiger charge is 2.22. The maximum absolute atomic E-state index is 13.7. The largest absolute Gasteiger partial charge is 0.494 e. The summed E-state index contributed by atoms with van der Waals surface area (Å²) >= 11 is 0. The normalized spacial score (nSPS) is 11.4. The van der Waals surface area contributed by atoms with Crippen molar-refractivity contribution in [3.05, 3.63) is 77.4 Å². The van der Waals surface area contributed by atoms with Crippen molar-refractivity contribution >= 4 is 63.5 Å². The fraction of sp³-hybridized carbons (Fsp3) is 0.317. The molecular formula is C41H47N13O7. The molecule has 0 radical (unpaired) electrons. The number of carbonyl (C=O) groups excluding carboxylic acids is 4. The van der Waals surface area contributed by atoms with Gasteiger partial charge in [0.15, 0.2) is 0 Å². The molecule has 61 heavy (non-hydrogen) atoms. The number of imidazole rings is 2. The van der Waals surface area contributed by atoms with Crippen LogP contribution in [-0.2, 0) is 30.9 Å². The molecule has 318 valence electrons. The second-order valence-electron chi connectivity index (χ2n) is 14.6. The molecule has 0 aliphatic rings. The highest BCUT2D eigenvalue weighted by atomic mass is 16.6. The zero-order valence-corrected chi connectivity index (χ0v) is 34.8. The van der Waals surface area contributed by atoms with Gasteiger partial charge < -0.3 is 40.1 Å². The summed E-state index contributed by atoms with van der Waals surface area (Å²) in [6, 6.07) is 7.88. The summed E-state index contributed by atoms with van der Waals surface area (Å²) in [7, 11) is 3.23. The topological polar surface area (TPSA) is 255 Å². The molecule has 6 aromatic rings. The molecule has 0 saturated heterocycles. The Bertz CT molecular complexity index is 2740. The van der Waals surface area contributed by atoms with Crippen LogP contribution in [0, 0.1) is 18.8 Å². The minimum Gasteiger partial charge on any atom is -0.494 e. The number of methoxy groups -OCH3 is 1. The van der Waals surface area contributed by atoms with Crippen LogP contribution in [0.5, 0.6) is 11.5 Å². The van der Waals surface area contributed by atoms with Crippen LogP contribution in [-0.4, -0.2) is 88.8 Å². The molecule has 0 unspecified atom stereocenters. The molecule has 4 heterocycles. The Labute approximate surface area is 350 Å². The molecule has 0 spiro atoms. The first kappa shape index (κ1) is 42.8. The number of carbonyl (C=O) groups is 4. The first-order valence-corrected chi connectivity index (χ1v) is 19.1. The molecule has 0 aliphatic heterocycles. The number of aryl methyl sites for hydroxylation is 2. The Hall–Kier alpha value is -7.82. The van der Waals surface area contributed by atoms with Gasteiger partial charge in [-0.05, 0) is 65.0 Å². The second-order valence-corrected chi connectivity index (χ2v) is 14.6. The Morgan fingerprint density at radius 1 is 0.869 bits per heavy atom. The molecule has 20 nitrogen and oxygen atoms in total. The van der Waals surface area contributed by atoms with E-state index in [4.69, 9.17) is 30.7 Å². The smallest absolute Gasteiger partial charge is 0.412 e. The number of hydrogen-bond donors (Lipinski definition) is 5. The number of nitrogens with zero attached hydrogens (tertiary/aromatic N) is 8. The molecule has 20 heteroatoms. The number of nitrogens with one attached hydrogen (secondary N) is 3. The number of primary amides is 2.